The molecule has 0 aromatic rings. The van der Waals surface area contributed by atoms with Gasteiger partial charge in [-0.25, -0.2) is 4.79 Å². The van der Waals surface area contributed by atoms with Crippen LogP contribution in [-0.4, -0.2) is 89.2 Å². The second kappa shape index (κ2) is 55.9. The lowest BCUT2D eigenvalue weighted by Crippen LogP contribution is -2.61. The van der Waals surface area contributed by atoms with E-state index < -0.39 is 67.3 Å². The zero-order valence-corrected chi connectivity index (χ0v) is 50.7. The molecule has 0 saturated carbocycles. The van der Waals surface area contributed by atoms with E-state index in [-0.39, 0.29) is 25.9 Å². The molecule has 1 aliphatic heterocycles. The Kier molecular flexibility index (Phi) is 51.3. The van der Waals surface area contributed by atoms with E-state index >= 15 is 0 Å². The van der Waals surface area contributed by atoms with Crippen LogP contribution in [-0.2, 0) is 42.9 Å². The van der Waals surface area contributed by atoms with Gasteiger partial charge in [-0.2, -0.15) is 0 Å². The standard InChI is InChI=1S/C69H112O12/c1-4-7-10-13-16-19-22-25-27-29-31-33-35-38-40-43-46-49-52-55-61(70)77-58-60(79-62(71)56-53-50-47-44-42-39-36-34-32-30-28-26-23-20-17-14-11-8-5-2)59-78-69-67(65(74)64(73)66(81-69)68(75)76)80-63(72)57-54-51-48-45-41-37-24-21-18-15-12-9-6-3/h7,9-10,12,16-21,25-28,31,33,37,41,60,64-67,69,73-74H,4-6,8,11,13-15,22-24,29-30,32,34-36,38-40,42-59H2,1-3H3,(H,75,76)/b10-7-,12-9-,19-16-,20-17-,21-18-,27-25-,28-26-,33-31-,41-37-. The molecule has 0 aromatic carbocycles. The smallest absolute Gasteiger partial charge is 0.335 e. The van der Waals surface area contributed by atoms with Gasteiger partial charge in [-0.15, -0.1) is 0 Å². The van der Waals surface area contributed by atoms with Gasteiger partial charge in [0.15, 0.2) is 24.6 Å². The fraction of sp³-hybridized carbons (Fsp3) is 0.681. The number of carbonyl (C=O) groups is 4. The number of carbonyl (C=O) groups excluding carboxylic acids is 3. The van der Waals surface area contributed by atoms with E-state index in [4.69, 9.17) is 23.7 Å². The lowest BCUT2D eigenvalue weighted by molar-refractivity contribution is -0.301. The highest BCUT2D eigenvalue weighted by Gasteiger charge is 2.50. The molecule has 1 aliphatic rings. The van der Waals surface area contributed by atoms with Crippen molar-refractivity contribution in [3.8, 4) is 0 Å². The number of ether oxygens (including phenoxy) is 5. The largest absolute Gasteiger partial charge is 0.479 e. The first kappa shape index (κ1) is 74.4. The van der Waals surface area contributed by atoms with Gasteiger partial charge >= 0.3 is 23.9 Å². The Balaban J connectivity index is 2.69. The molecule has 1 saturated heterocycles. The van der Waals surface area contributed by atoms with Crippen molar-refractivity contribution in [3.05, 3.63) is 109 Å². The number of aliphatic hydroxyl groups excluding tert-OH is 2. The van der Waals surface area contributed by atoms with Gasteiger partial charge in [0.2, 0.25) is 0 Å². The monoisotopic (exact) mass is 1130 g/mol. The minimum atomic E-state index is -1.92. The van der Waals surface area contributed by atoms with Crippen LogP contribution in [0.3, 0.4) is 0 Å². The Labute approximate surface area is 491 Å². The predicted molar refractivity (Wildman–Crippen MR) is 330 cm³/mol. The number of carboxylic acids is 1. The lowest BCUT2D eigenvalue weighted by atomic mass is 9.98. The Morgan fingerprint density at radius 3 is 1.20 bits per heavy atom. The minimum absolute atomic E-state index is 0.0188. The van der Waals surface area contributed by atoms with Gasteiger partial charge in [0.1, 0.15) is 18.8 Å². The molecule has 0 amide bonds. The topological polar surface area (TPSA) is 175 Å². The highest BCUT2D eigenvalue weighted by atomic mass is 16.7. The molecule has 0 aliphatic carbocycles. The molecular weight excluding hydrogens is 1020 g/mol. The van der Waals surface area contributed by atoms with Crippen LogP contribution in [0.1, 0.15) is 252 Å². The highest BCUT2D eigenvalue weighted by molar-refractivity contribution is 5.74. The molecule has 12 nitrogen and oxygen atoms in total. The van der Waals surface area contributed by atoms with Crippen LogP contribution in [0, 0.1) is 0 Å². The van der Waals surface area contributed by atoms with E-state index in [2.05, 4.69) is 130 Å². The third kappa shape index (κ3) is 45.6. The van der Waals surface area contributed by atoms with Crippen LogP contribution in [0.4, 0.5) is 0 Å². The number of aliphatic carboxylic acids is 1. The summed E-state index contributed by atoms with van der Waals surface area (Å²) < 4.78 is 28.5. The zero-order valence-electron chi connectivity index (χ0n) is 50.7. The molecule has 1 rings (SSSR count). The van der Waals surface area contributed by atoms with Crippen LogP contribution < -0.4 is 0 Å². The van der Waals surface area contributed by atoms with Crippen molar-refractivity contribution in [1.82, 2.24) is 0 Å². The summed E-state index contributed by atoms with van der Waals surface area (Å²) in [5.74, 6) is -3.19. The van der Waals surface area contributed by atoms with Crippen LogP contribution in [0.5, 0.6) is 0 Å². The van der Waals surface area contributed by atoms with Crippen molar-refractivity contribution >= 4 is 23.9 Å². The van der Waals surface area contributed by atoms with Crippen molar-refractivity contribution in [2.45, 2.75) is 289 Å². The Bertz CT molecular complexity index is 1820. The quantitative estimate of drug-likeness (QED) is 0.0228. The molecule has 3 N–H and O–H groups in total. The molecule has 0 aromatic heterocycles. The number of esters is 3. The van der Waals surface area contributed by atoms with Gasteiger partial charge in [-0.05, 0) is 122 Å². The van der Waals surface area contributed by atoms with E-state index in [1.807, 2.05) is 0 Å². The number of hydrogen-bond donors (Lipinski definition) is 3. The molecule has 0 radical (unpaired) electrons. The summed E-state index contributed by atoms with van der Waals surface area (Å²) in [6.45, 7) is 5.72. The average Bonchev–Trinajstić information content (AvgIpc) is 3.46. The van der Waals surface area contributed by atoms with E-state index in [1.54, 1.807) is 0 Å². The van der Waals surface area contributed by atoms with Crippen LogP contribution in [0.25, 0.3) is 0 Å². The molecule has 6 atom stereocenters. The van der Waals surface area contributed by atoms with E-state index in [1.165, 1.54) is 51.4 Å². The summed E-state index contributed by atoms with van der Waals surface area (Å²) in [6, 6.07) is 0. The predicted octanol–water partition coefficient (Wildman–Crippen LogP) is 17.0. The van der Waals surface area contributed by atoms with Crippen molar-refractivity contribution in [3.63, 3.8) is 0 Å². The Morgan fingerprint density at radius 2 is 0.778 bits per heavy atom. The summed E-state index contributed by atoms with van der Waals surface area (Å²) >= 11 is 0. The third-order valence-corrected chi connectivity index (χ3v) is 13.8. The van der Waals surface area contributed by atoms with Gasteiger partial charge in [-0.1, -0.05) is 220 Å². The number of allylic oxidation sites excluding steroid dienone is 18. The lowest BCUT2D eigenvalue weighted by Gasteiger charge is -2.40. The molecule has 12 heteroatoms. The van der Waals surface area contributed by atoms with Crippen molar-refractivity contribution in [2.24, 2.45) is 0 Å². The molecule has 6 unspecified atom stereocenters. The summed E-state index contributed by atoms with van der Waals surface area (Å²) in [5, 5.41) is 31.5. The van der Waals surface area contributed by atoms with Crippen molar-refractivity contribution in [2.75, 3.05) is 13.2 Å². The van der Waals surface area contributed by atoms with Gasteiger partial charge in [0.25, 0.3) is 0 Å². The summed E-state index contributed by atoms with van der Waals surface area (Å²) in [4.78, 5) is 51.3. The second-order valence-corrected chi connectivity index (χ2v) is 21.3. The highest BCUT2D eigenvalue weighted by Crippen LogP contribution is 2.26. The summed E-state index contributed by atoms with van der Waals surface area (Å²) in [5.41, 5.74) is 0. The summed E-state index contributed by atoms with van der Waals surface area (Å²) in [7, 11) is 0. The molecule has 1 heterocycles. The van der Waals surface area contributed by atoms with Crippen molar-refractivity contribution < 1.29 is 58.2 Å². The second-order valence-electron chi connectivity index (χ2n) is 21.3. The molecular formula is C69H112O12. The first-order valence-corrected chi connectivity index (χ1v) is 31.9. The number of unbranched alkanes of at least 4 members (excludes halogenated alkanes) is 21. The molecule has 81 heavy (non-hydrogen) atoms. The van der Waals surface area contributed by atoms with Gasteiger partial charge < -0.3 is 39.0 Å². The SMILES string of the molecule is CC/C=C\C/C=C\C/C=C\C/C=C\CCCCCCCCC(=O)OCC(COC1OC(C(=O)O)C(O)C(O)C1OC(=O)CCCCC/C=C\C/C=C\C/C=C\CC)OC(=O)CCCCCCCCCCC/C=C\C/C=C\CCCCC. The molecule has 0 bridgehead atoms. The van der Waals surface area contributed by atoms with E-state index in [0.29, 0.717) is 19.3 Å². The number of aliphatic hydroxyl groups is 2. The van der Waals surface area contributed by atoms with Gasteiger partial charge in [0, 0.05) is 19.3 Å². The Hall–Kier alpha value is -4.62. The molecule has 0 spiro atoms. The van der Waals surface area contributed by atoms with E-state index in [9.17, 15) is 34.5 Å². The maximum Gasteiger partial charge on any atom is 0.335 e. The van der Waals surface area contributed by atoms with E-state index in [0.717, 1.165) is 141 Å². The third-order valence-electron chi connectivity index (χ3n) is 13.8. The first-order valence-electron chi connectivity index (χ1n) is 31.9. The molecule has 1 fully saturated rings. The van der Waals surface area contributed by atoms with Gasteiger partial charge in [-0.3, -0.25) is 14.4 Å². The average molecular weight is 1130 g/mol. The number of rotatable bonds is 53. The molecule has 460 valence electrons. The fourth-order valence-electron chi connectivity index (χ4n) is 8.99. The fourth-order valence-corrected chi connectivity index (χ4v) is 8.99. The van der Waals surface area contributed by atoms with Gasteiger partial charge in [0.05, 0.1) is 6.61 Å². The maximum atomic E-state index is 13.2. The first-order chi connectivity index (χ1) is 39.6. The Morgan fingerprint density at radius 1 is 0.420 bits per heavy atom. The number of hydrogen-bond acceptors (Lipinski definition) is 11. The normalized spacial score (nSPS) is 18.5. The van der Waals surface area contributed by atoms with Crippen LogP contribution in [0.15, 0.2) is 109 Å². The number of carboxylic acid groups (broad SMARTS) is 1. The summed E-state index contributed by atoms with van der Waals surface area (Å²) in [6.07, 6.45) is 63.4. The van der Waals surface area contributed by atoms with Crippen molar-refractivity contribution in [1.29, 1.82) is 0 Å². The van der Waals surface area contributed by atoms with Crippen LogP contribution in [0.2, 0.25) is 0 Å². The minimum Gasteiger partial charge on any atom is -0.479 e. The van der Waals surface area contributed by atoms with Crippen LogP contribution >= 0.6 is 0 Å². The zero-order chi connectivity index (χ0) is 58.9. The maximum absolute atomic E-state index is 13.2.